The molecule has 0 fully saturated rings. The highest BCUT2D eigenvalue weighted by molar-refractivity contribution is 7.18. The largest absolute Gasteiger partial charge is 0.326 e. The van der Waals surface area contributed by atoms with E-state index in [0.717, 1.165) is 29.7 Å². The summed E-state index contributed by atoms with van der Waals surface area (Å²) in [7, 11) is 0. The van der Waals surface area contributed by atoms with Crippen LogP contribution in [0.4, 0.5) is 5.69 Å². The number of hydrogen-bond acceptors (Lipinski definition) is 5. The SMILES string of the molecule is CC1CCc2c(sc3ncn(CC(=O)c4ccc(NC(=O)C(C)(C)C)cc4)c(=O)c23)C1. The number of carbonyl (C=O) groups is 2. The quantitative estimate of drug-likeness (QED) is 0.612. The van der Waals surface area contributed by atoms with Gasteiger partial charge in [0.25, 0.3) is 5.56 Å². The minimum atomic E-state index is -0.500. The summed E-state index contributed by atoms with van der Waals surface area (Å²) in [6.07, 6.45) is 4.44. The van der Waals surface area contributed by atoms with Crippen molar-refractivity contribution in [1.82, 2.24) is 9.55 Å². The molecule has 31 heavy (non-hydrogen) atoms. The van der Waals surface area contributed by atoms with Gasteiger partial charge in [-0.2, -0.15) is 0 Å². The molecule has 1 aromatic carbocycles. The van der Waals surface area contributed by atoms with Crippen LogP contribution in [0, 0.1) is 11.3 Å². The zero-order valence-electron chi connectivity index (χ0n) is 18.3. The molecule has 0 bridgehead atoms. The Morgan fingerprint density at radius 1 is 1.23 bits per heavy atom. The Morgan fingerprint density at radius 2 is 1.94 bits per heavy atom. The number of aromatic nitrogens is 2. The van der Waals surface area contributed by atoms with Gasteiger partial charge in [-0.15, -0.1) is 11.3 Å². The number of fused-ring (bicyclic) bond motifs is 3. The van der Waals surface area contributed by atoms with Gasteiger partial charge >= 0.3 is 0 Å². The Bertz CT molecular complexity index is 1220. The topological polar surface area (TPSA) is 81.1 Å². The number of amides is 1. The number of nitrogens with zero attached hydrogens (tertiary/aromatic N) is 2. The van der Waals surface area contributed by atoms with E-state index < -0.39 is 5.41 Å². The van der Waals surface area contributed by atoms with Gasteiger partial charge in [0.1, 0.15) is 4.83 Å². The summed E-state index contributed by atoms with van der Waals surface area (Å²) in [6.45, 7) is 7.70. The first-order valence-electron chi connectivity index (χ1n) is 10.6. The maximum atomic E-state index is 13.1. The molecule has 1 atom stereocenters. The van der Waals surface area contributed by atoms with Crippen molar-refractivity contribution in [3.8, 4) is 0 Å². The molecular formula is C24H27N3O3S. The summed E-state index contributed by atoms with van der Waals surface area (Å²) in [5.74, 6) is 0.362. The second-order valence-electron chi connectivity index (χ2n) is 9.41. The first kappa shape index (κ1) is 21.4. The summed E-state index contributed by atoms with van der Waals surface area (Å²) in [5, 5.41) is 3.52. The van der Waals surface area contributed by atoms with Crippen LogP contribution in [-0.4, -0.2) is 21.2 Å². The van der Waals surface area contributed by atoms with Crippen LogP contribution in [0.3, 0.4) is 0 Å². The molecular weight excluding hydrogens is 410 g/mol. The van der Waals surface area contributed by atoms with Crippen molar-refractivity contribution in [2.75, 3.05) is 5.32 Å². The van der Waals surface area contributed by atoms with Gasteiger partial charge < -0.3 is 5.32 Å². The zero-order valence-corrected chi connectivity index (χ0v) is 19.1. The minimum absolute atomic E-state index is 0.0590. The maximum absolute atomic E-state index is 13.1. The molecule has 1 aliphatic rings. The molecule has 1 N–H and O–H groups in total. The Hall–Kier alpha value is -2.80. The molecule has 3 aromatic rings. The molecule has 1 aliphatic carbocycles. The molecule has 0 radical (unpaired) electrons. The number of thiophene rings is 1. The number of rotatable bonds is 4. The maximum Gasteiger partial charge on any atom is 0.262 e. The van der Waals surface area contributed by atoms with Crippen LogP contribution in [0.15, 0.2) is 35.4 Å². The van der Waals surface area contributed by atoms with E-state index in [1.54, 1.807) is 35.6 Å². The molecule has 0 aliphatic heterocycles. The predicted molar refractivity (Wildman–Crippen MR) is 124 cm³/mol. The van der Waals surface area contributed by atoms with Gasteiger partial charge in [0.2, 0.25) is 5.91 Å². The summed E-state index contributed by atoms with van der Waals surface area (Å²) in [5.41, 5.74) is 1.61. The molecule has 162 valence electrons. The lowest BCUT2D eigenvalue weighted by Gasteiger charge is -2.17. The van der Waals surface area contributed by atoms with Gasteiger partial charge in [0, 0.05) is 21.5 Å². The summed E-state index contributed by atoms with van der Waals surface area (Å²) in [4.78, 5) is 44.5. The second-order valence-corrected chi connectivity index (χ2v) is 10.5. The van der Waals surface area contributed by atoms with Crippen molar-refractivity contribution < 1.29 is 9.59 Å². The van der Waals surface area contributed by atoms with Crippen molar-refractivity contribution in [1.29, 1.82) is 0 Å². The van der Waals surface area contributed by atoms with E-state index in [2.05, 4.69) is 17.2 Å². The molecule has 7 heteroatoms. The number of benzene rings is 1. The molecule has 2 heterocycles. The highest BCUT2D eigenvalue weighted by Gasteiger charge is 2.24. The lowest BCUT2D eigenvalue weighted by molar-refractivity contribution is -0.123. The zero-order chi connectivity index (χ0) is 22.3. The third-order valence-corrected chi connectivity index (χ3v) is 6.90. The number of aryl methyl sites for hydroxylation is 1. The second kappa shape index (κ2) is 8.04. The van der Waals surface area contributed by atoms with Gasteiger partial charge in [0.05, 0.1) is 18.3 Å². The van der Waals surface area contributed by atoms with E-state index >= 15 is 0 Å². The van der Waals surface area contributed by atoms with Crippen molar-refractivity contribution in [2.45, 2.75) is 53.5 Å². The summed E-state index contributed by atoms with van der Waals surface area (Å²) in [6, 6.07) is 6.76. The number of carbonyl (C=O) groups excluding carboxylic acids is 2. The van der Waals surface area contributed by atoms with E-state index in [1.807, 2.05) is 20.8 Å². The van der Waals surface area contributed by atoms with E-state index in [0.29, 0.717) is 22.6 Å². The van der Waals surface area contributed by atoms with Gasteiger partial charge in [-0.3, -0.25) is 19.0 Å². The molecule has 0 saturated carbocycles. The van der Waals surface area contributed by atoms with E-state index in [1.165, 1.54) is 15.8 Å². The van der Waals surface area contributed by atoms with E-state index in [9.17, 15) is 14.4 Å². The highest BCUT2D eigenvalue weighted by atomic mass is 32.1. The van der Waals surface area contributed by atoms with Crippen LogP contribution < -0.4 is 10.9 Å². The predicted octanol–water partition coefficient (Wildman–Crippen LogP) is 4.45. The monoisotopic (exact) mass is 437 g/mol. The average molecular weight is 438 g/mol. The van der Waals surface area contributed by atoms with E-state index in [-0.39, 0.29) is 23.8 Å². The van der Waals surface area contributed by atoms with E-state index in [4.69, 9.17) is 0 Å². The fraction of sp³-hybridized carbons (Fsp3) is 0.417. The summed E-state index contributed by atoms with van der Waals surface area (Å²) >= 11 is 1.61. The minimum Gasteiger partial charge on any atom is -0.326 e. The number of anilines is 1. The lowest BCUT2D eigenvalue weighted by atomic mass is 9.89. The lowest BCUT2D eigenvalue weighted by Crippen LogP contribution is -2.27. The molecule has 6 nitrogen and oxygen atoms in total. The fourth-order valence-corrected chi connectivity index (χ4v) is 5.12. The molecule has 0 spiro atoms. The van der Waals surface area contributed by atoms with Crippen molar-refractivity contribution >= 4 is 38.9 Å². The molecule has 2 aromatic heterocycles. The third kappa shape index (κ3) is 4.32. The Kier molecular flexibility index (Phi) is 5.56. The first-order valence-corrected chi connectivity index (χ1v) is 11.4. The van der Waals surface area contributed by atoms with Gasteiger partial charge in [0.15, 0.2) is 5.78 Å². The number of Topliss-reactive ketones (excluding diaryl/α,β-unsaturated/α-hetero) is 1. The standard InChI is InChI=1S/C24H27N3O3S/c1-14-5-10-17-19(11-14)31-21-20(17)22(29)27(13-25-21)12-18(28)15-6-8-16(9-7-15)26-23(30)24(2,3)4/h6-9,13-14H,5,10-12H2,1-4H3,(H,26,30). The molecule has 1 amide bonds. The van der Waals surface area contributed by atoms with Crippen molar-refractivity contribution in [3.05, 3.63) is 57.0 Å². The number of ketones is 1. The number of nitrogens with one attached hydrogen (secondary N) is 1. The normalized spacial score (nSPS) is 16.2. The van der Waals surface area contributed by atoms with Gasteiger partial charge in [-0.25, -0.2) is 4.98 Å². The molecule has 0 saturated heterocycles. The first-order chi connectivity index (χ1) is 14.6. The Morgan fingerprint density at radius 3 is 2.61 bits per heavy atom. The van der Waals surface area contributed by atoms with Gasteiger partial charge in [-0.1, -0.05) is 27.7 Å². The van der Waals surface area contributed by atoms with Crippen LogP contribution in [0.5, 0.6) is 0 Å². The van der Waals surface area contributed by atoms with Crippen molar-refractivity contribution in [3.63, 3.8) is 0 Å². The number of hydrogen-bond donors (Lipinski definition) is 1. The summed E-state index contributed by atoms with van der Waals surface area (Å²) < 4.78 is 1.41. The van der Waals surface area contributed by atoms with Crippen molar-refractivity contribution in [2.24, 2.45) is 11.3 Å². The molecule has 4 rings (SSSR count). The highest BCUT2D eigenvalue weighted by Crippen LogP contribution is 2.35. The van der Waals surface area contributed by atoms with Crippen LogP contribution in [-0.2, 0) is 24.2 Å². The Balaban J connectivity index is 1.54. The fourth-order valence-electron chi connectivity index (χ4n) is 3.78. The van der Waals surface area contributed by atoms with Gasteiger partial charge in [-0.05, 0) is 55.0 Å². The molecule has 1 unspecified atom stereocenters. The third-order valence-electron chi connectivity index (χ3n) is 5.74. The van der Waals surface area contributed by atoms with Crippen LogP contribution in [0.1, 0.15) is 54.9 Å². The smallest absolute Gasteiger partial charge is 0.262 e. The Labute approximate surface area is 185 Å². The van der Waals surface area contributed by atoms with Crippen LogP contribution in [0.25, 0.3) is 10.2 Å². The van der Waals surface area contributed by atoms with Crippen LogP contribution in [0.2, 0.25) is 0 Å². The average Bonchev–Trinajstić information content (AvgIpc) is 3.08. The van der Waals surface area contributed by atoms with Crippen LogP contribution >= 0.6 is 11.3 Å².